The number of pyridine rings is 1. The number of benzene rings is 2. The van der Waals surface area contributed by atoms with Gasteiger partial charge in [-0.1, -0.05) is 43.7 Å². The molecule has 3 nitrogen and oxygen atoms in total. The summed E-state index contributed by atoms with van der Waals surface area (Å²) < 4.78 is 14.0. The van der Waals surface area contributed by atoms with E-state index in [0.717, 1.165) is 55.8 Å². The minimum atomic E-state index is -0.203. The summed E-state index contributed by atoms with van der Waals surface area (Å²) in [6.45, 7) is 4.49. The second-order valence-electron chi connectivity index (χ2n) is 10.6. The highest BCUT2D eigenvalue weighted by molar-refractivity contribution is 5.82. The summed E-state index contributed by atoms with van der Waals surface area (Å²) in [5, 5.41) is 0.945. The first-order chi connectivity index (χ1) is 17.1. The van der Waals surface area contributed by atoms with E-state index in [-0.39, 0.29) is 23.8 Å². The van der Waals surface area contributed by atoms with Crippen molar-refractivity contribution >= 4 is 16.8 Å². The number of carbonyl (C=O) groups excluding carboxylic acids is 1. The van der Waals surface area contributed by atoms with E-state index in [9.17, 15) is 9.18 Å². The number of hydrogen-bond donors (Lipinski definition) is 0. The number of halogens is 1. The van der Waals surface area contributed by atoms with Crippen molar-refractivity contribution in [1.29, 1.82) is 0 Å². The number of amides is 1. The summed E-state index contributed by atoms with van der Waals surface area (Å²) in [4.78, 5) is 20.4. The molecular formula is C31H37FN2O. The Morgan fingerprint density at radius 2 is 1.77 bits per heavy atom. The fourth-order valence-corrected chi connectivity index (χ4v) is 6.41. The molecule has 2 fully saturated rings. The molecule has 2 aliphatic rings. The Balaban J connectivity index is 1.35. The Morgan fingerprint density at radius 1 is 1.03 bits per heavy atom. The average molecular weight is 473 g/mol. The molecule has 1 heterocycles. The van der Waals surface area contributed by atoms with E-state index >= 15 is 0 Å². The van der Waals surface area contributed by atoms with Crippen LogP contribution in [0.3, 0.4) is 0 Å². The van der Waals surface area contributed by atoms with Crippen LogP contribution in [0.4, 0.5) is 4.39 Å². The predicted octanol–water partition coefficient (Wildman–Crippen LogP) is 7.82. The van der Waals surface area contributed by atoms with E-state index in [2.05, 4.69) is 54.1 Å². The van der Waals surface area contributed by atoms with Crippen molar-refractivity contribution in [3.63, 3.8) is 0 Å². The van der Waals surface area contributed by atoms with E-state index < -0.39 is 0 Å². The standard InChI is InChI=1S/C31H37FN2O/c1-3-30(24-8-5-4-6-9-24)34(31(35)25-10-7-11-25)21(2)22-12-14-23(15-13-22)27-18-19-33-29-17-16-26(32)20-28(27)29/h4-6,8-9,16-23,25,30H,3,7,10-15H2,1-2H3. The molecule has 0 saturated heterocycles. The van der Waals surface area contributed by atoms with E-state index in [1.807, 2.05) is 12.3 Å². The van der Waals surface area contributed by atoms with Crippen molar-refractivity contribution < 1.29 is 9.18 Å². The number of carbonyl (C=O) groups is 1. The summed E-state index contributed by atoms with van der Waals surface area (Å²) in [7, 11) is 0. The Hall–Kier alpha value is -2.75. The van der Waals surface area contributed by atoms with Crippen molar-refractivity contribution in [3.05, 3.63) is 77.7 Å². The van der Waals surface area contributed by atoms with Crippen LogP contribution in [0.1, 0.15) is 88.3 Å². The zero-order chi connectivity index (χ0) is 24.4. The molecule has 0 aliphatic heterocycles. The Morgan fingerprint density at radius 3 is 2.43 bits per heavy atom. The molecule has 2 unspecified atom stereocenters. The zero-order valence-corrected chi connectivity index (χ0v) is 21.0. The third-order valence-corrected chi connectivity index (χ3v) is 8.69. The molecule has 3 aromatic rings. The summed E-state index contributed by atoms with van der Waals surface area (Å²) >= 11 is 0. The second kappa shape index (κ2) is 10.5. The van der Waals surface area contributed by atoms with Gasteiger partial charge in [0.1, 0.15) is 5.82 Å². The van der Waals surface area contributed by atoms with Gasteiger partial charge in [-0.25, -0.2) is 4.39 Å². The molecule has 4 heteroatoms. The third kappa shape index (κ3) is 4.85. The second-order valence-corrected chi connectivity index (χ2v) is 10.6. The highest BCUT2D eigenvalue weighted by atomic mass is 19.1. The van der Waals surface area contributed by atoms with Gasteiger partial charge in [0.15, 0.2) is 0 Å². The van der Waals surface area contributed by atoms with Gasteiger partial charge in [0.25, 0.3) is 0 Å². The van der Waals surface area contributed by atoms with Crippen LogP contribution in [-0.2, 0) is 4.79 Å². The normalized spacial score (nSPS) is 22.4. The van der Waals surface area contributed by atoms with Crippen molar-refractivity contribution in [1.82, 2.24) is 9.88 Å². The first kappa shape index (κ1) is 24.0. The van der Waals surface area contributed by atoms with Gasteiger partial charge in [0, 0.05) is 23.5 Å². The smallest absolute Gasteiger partial charge is 0.226 e. The Kier molecular flexibility index (Phi) is 7.17. The van der Waals surface area contributed by atoms with E-state index in [1.54, 1.807) is 12.1 Å². The monoisotopic (exact) mass is 472 g/mol. The molecule has 0 N–H and O–H groups in total. The molecule has 0 spiro atoms. The van der Waals surface area contributed by atoms with Gasteiger partial charge >= 0.3 is 0 Å². The first-order valence-electron chi connectivity index (χ1n) is 13.5. The molecule has 35 heavy (non-hydrogen) atoms. The van der Waals surface area contributed by atoms with Gasteiger partial charge in [0.2, 0.25) is 5.91 Å². The van der Waals surface area contributed by atoms with Crippen LogP contribution < -0.4 is 0 Å². The number of nitrogens with zero attached hydrogens (tertiary/aromatic N) is 2. The topological polar surface area (TPSA) is 33.2 Å². The van der Waals surface area contributed by atoms with E-state index in [1.165, 1.54) is 23.6 Å². The van der Waals surface area contributed by atoms with Crippen LogP contribution in [-0.4, -0.2) is 21.8 Å². The van der Waals surface area contributed by atoms with Gasteiger partial charge < -0.3 is 4.90 Å². The van der Waals surface area contributed by atoms with Crippen LogP contribution in [0.25, 0.3) is 10.9 Å². The SMILES string of the molecule is CCC(c1ccccc1)N(C(=O)C1CCC1)C(C)C1CCC(c2ccnc3ccc(F)cc23)CC1. The van der Waals surface area contributed by atoms with Gasteiger partial charge in [-0.15, -0.1) is 0 Å². The number of aromatic nitrogens is 1. The molecule has 2 atom stereocenters. The van der Waals surface area contributed by atoms with Crippen molar-refractivity contribution in [2.75, 3.05) is 0 Å². The molecule has 1 amide bonds. The van der Waals surface area contributed by atoms with E-state index in [4.69, 9.17) is 0 Å². The number of rotatable bonds is 7. The van der Waals surface area contributed by atoms with Crippen molar-refractivity contribution in [2.45, 2.75) is 83.2 Å². The zero-order valence-electron chi connectivity index (χ0n) is 21.0. The predicted molar refractivity (Wildman–Crippen MR) is 140 cm³/mol. The van der Waals surface area contributed by atoms with Gasteiger partial charge in [-0.2, -0.15) is 0 Å². The van der Waals surface area contributed by atoms with Crippen LogP contribution in [0.15, 0.2) is 60.8 Å². The lowest BCUT2D eigenvalue weighted by Gasteiger charge is -2.45. The lowest BCUT2D eigenvalue weighted by atomic mass is 9.74. The maximum atomic E-state index is 14.0. The van der Waals surface area contributed by atoms with Crippen LogP contribution in [0.5, 0.6) is 0 Å². The largest absolute Gasteiger partial charge is 0.332 e. The summed E-state index contributed by atoms with van der Waals surface area (Å²) in [5.74, 6) is 1.25. The summed E-state index contributed by atoms with van der Waals surface area (Å²) in [6.07, 6.45) is 10.3. The number of fused-ring (bicyclic) bond motifs is 1. The minimum Gasteiger partial charge on any atom is -0.332 e. The summed E-state index contributed by atoms with van der Waals surface area (Å²) in [5.41, 5.74) is 3.33. The molecule has 0 radical (unpaired) electrons. The van der Waals surface area contributed by atoms with Crippen LogP contribution in [0, 0.1) is 17.7 Å². The minimum absolute atomic E-state index is 0.129. The average Bonchev–Trinajstić information content (AvgIpc) is 2.86. The molecule has 184 valence electrons. The molecule has 2 saturated carbocycles. The Labute approximate surface area is 208 Å². The quantitative estimate of drug-likeness (QED) is 0.351. The molecule has 5 rings (SSSR count). The Bertz CT molecular complexity index is 1150. The lowest BCUT2D eigenvalue weighted by molar-refractivity contribution is -0.145. The fourth-order valence-electron chi connectivity index (χ4n) is 6.41. The summed E-state index contributed by atoms with van der Waals surface area (Å²) in [6, 6.07) is 17.9. The highest BCUT2D eigenvalue weighted by Gasteiger charge is 2.39. The molecular weight excluding hydrogens is 435 g/mol. The van der Waals surface area contributed by atoms with E-state index in [0.29, 0.717) is 17.7 Å². The van der Waals surface area contributed by atoms with Gasteiger partial charge in [0.05, 0.1) is 11.6 Å². The number of hydrogen-bond acceptors (Lipinski definition) is 2. The third-order valence-electron chi connectivity index (χ3n) is 8.69. The highest BCUT2D eigenvalue weighted by Crippen LogP contribution is 2.43. The maximum Gasteiger partial charge on any atom is 0.226 e. The molecule has 2 aliphatic carbocycles. The molecule has 1 aromatic heterocycles. The van der Waals surface area contributed by atoms with Crippen LogP contribution >= 0.6 is 0 Å². The fraction of sp³-hybridized carbons (Fsp3) is 0.484. The molecule has 0 bridgehead atoms. The van der Waals surface area contributed by atoms with Crippen molar-refractivity contribution in [2.24, 2.45) is 11.8 Å². The van der Waals surface area contributed by atoms with Crippen molar-refractivity contribution in [3.8, 4) is 0 Å². The first-order valence-corrected chi connectivity index (χ1v) is 13.5. The maximum absolute atomic E-state index is 14.0. The van der Waals surface area contributed by atoms with Gasteiger partial charge in [-0.3, -0.25) is 9.78 Å². The molecule has 2 aromatic carbocycles. The lowest BCUT2D eigenvalue weighted by Crippen LogP contribution is -2.49. The van der Waals surface area contributed by atoms with Gasteiger partial charge in [-0.05, 0) is 99.1 Å². The van der Waals surface area contributed by atoms with Crippen LogP contribution in [0.2, 0.25) is 0 Å².